The van der Waals surface area contributed by atoms with Crippen molar-refractivity contribution in [1.82, 2.24) is 4.90 Å². The molecule has 0 aromatic rings. The van der Waals surface area contributed by atoms with Crippen molar-refractivity contribution in [2.45, 2.75) is 13.8 Å². The Kier molecular flexibility index (Phi) is 5.57. The van der Waals surface area contributed by atoms with E-state index in [-0.39, 0.29) is 17.5 Å². The molecule has 1 unspecified atom stereocenters. The van der Waals surface area contributed by atoms with Gasteiger partial charge in [-0.25, -0.2) is 0 Å². The van der Waals surface area contributed by atoms with Gasteiger partial charge < -0.3 is 15.7 Å². The van der Waals surface area contributed by atoms with E-state index >= 15 is 0 Å². The largest absolute Gasteiger partial charge is 0.395 e. The third-order valence-electron chi connectivity index (χ3n) is 1.86. The molecule has 1 amide bonds. The van der Waals surface area contributed by atoms with E-state index in [2.05, 4.69) is 0 Å². The van der Waals surface area contributed by atoms with Gasteiger partial charge in [0.05, 0.1) is 17.5 Å². The Labute approximate surface area is 83.7 Å². The van der Waals surface area contributed by atoms with Gasteiger partial charge in [0, 0.05) is 13.1 Å². The molecule has 1 atom stereocenters. The average Bonchev–Trinajstić information content (AvgIpc) is 2.11. The number of nitrogens with zero attached hydrogens (tertiary/aromatic N) is 1. The van der Waals surface area contributed by atoms with Gasteiger partial charge in [0.2, 0.25) is 5.91 Å². The lowest BCUT2D eigenvalue weighted by molar-refractivity contribution is -0.133. The van der Waals surface area contributed by atoms with Gasteiger partial charge in [-0.3, -0.25) is 4.79 Å². The summed E-state index contributed by atoms with van der Waals surface area (Å²) in [7, 11) is 0. The van der Waals surface area contributed by atoms with E-state index in [4.69, 9.17) is 23.1 Å². The number of thiocarbonyl (C=S) groups is 1. The van der Waals surface area contributed by atoms with Crippen LogP contribution in [-0.2, 0) is 4.79 Å². The summed E-state index contributed by atoms with van der Waals surface area (Å²) in [6.07, 6.45) is 0. The maximum atomic E-state index is 11.6. The van der Waals surface area contributed by atoms with Gasteiger partial charge in [-0.05, 0) is 13.8 Å². The van der Waals surface area contributed by atoms with E-state index in [1.54, 1.807) is 6.92 Å². The zero-order valence-electron chi connectivity index (χ0n) is 7.99. The molecule has 0 radical (unpaired) electrons. The van der Waals surface area contributed by atoms with Crippen molar-refractivity contribution in [1.29, 1.82) is 0 Å². The van der Waals surface area contributed by atoms with Gasteiger partial charge in [0.15, 0.2) is 0 Å². The summed E-state index contributed by atoms with van der Waals surface area (Å²) in [5.74, 6) is -0.564. The summed E-state index contributed by atoms with van der Waals surface area (Å²) in [6, 6.07) is 0. The minimum Gasteiger partial charge on any atom is -0.395 e. The first-order valence-electron chi connectivity index (χ1n) is 4.23. The maximum absolute atomic E-state index is 11.6. The fourth-order valence-electron chi connectivity index (χ4n) is 0.940. The van der Waals surface area contributed by atoms with Crippen molar-refractivity contribution < 1.29 is 9.90 Å². The molecule has 0 aliphatic carbocycles. The van der Waals surface area contributed by atoms with Crippen LogP contribution in [0.5, 0.6) is 0 Å². The summed E-state index contributed by atoms with van der Waals surface area (Å²) in [5.41, 5.74) is 5.35. The number of amides is 1. The quantitative estimate of drug-likeness (QED) is 0.606. The molecule has 76 valence electrons. The van der Waals surface area contributed by atoms with Crippen molar-refractivity contribution in [2.75, 3.05) is 19.7 Å². The van der Waals surface area contributed by atoms with E-state index in [1.807, 2.05) is 6.92 Å². The molecule has 0 aromatic carbocycles. The van der Waals surface area contributed by atoms with Crippen LogP contribution >= 0.6 is 12.2 Å². The number of aliphatic hydroxyl groups excluding tert-OH is 1. The van der Waals surface area contributed by atoms with Crippen LogP contribution in [0.4, 0.5) is 0 Å². The van der Waals surface area contributed by atoms with Gasteiger partial charge in [-0.1, -0.05) is 12.2 Å². The van der Waals surface area contributed by atoms with Crippen LogP contribution in [0.1, 0.15) is 13.8 Å². The van der Waals surface area contributed by atoms with Gasteiger partial charge in [0.1, 0.15) is 0 Å². The fraction of sp³-hybridized carbons (Fsp3) is 0.750. The van der Waals surface area contributed by atoms with Crippen molar-refractivity contribution in [3.05, 3.63) is 0 Å². The molecule has 0 fully saturated rings. The highest BCUT2D eigenvalue weighted by molar-refractivity contribution is 7.80. The highest BCUT2D eigenvalue weighted by Gasteiger charge is 2.20. The molecule has 0 bridgehead atoms. The summed E-state index contributed by atoms with van der Waals surface area (Å²) in [5, 5.41) is 8.68. The Bertz CT molecular complexity index is 197. The van der Waals surface area contributed by atoms with Crippen LogP contribution in [0, 0.1) is 5.92 Å². The Morgan fingerprint density at radius 3 is 2.54 bits per heavy atom. The predicted octanol–water partition coefficient (Wildman–Crippen LogP) is -0.251. The van der Waals surface area contributed by atoms with Crippen LogP contribution in [0.15, 0.2) is 0 Å². The molecule has 4 nitrogen and oxygen atoms in total. The molecule has 0 heterocycles. The lowest BCUT2D eigenvalue weighted by Gasteiger charge is -2.22. The Morgan fingerprint density at radius 2 is 2.23 bits per heavy atom. The second-order valence-corrected chi connectivity index (χ2v) is 3.24. The van der Waals surface area contributed by atoms with Gasteiger partial charge >= 0.3 is 0 Å². The fourth-order valence-corrected chi connectivity index (χ4v) is 1.04. The molecular weight excluding hydrogens is 188 g/mol. The molecule has 0 saturated heterocycles. The zero-order chi connectivity index (χ0) is 10.4. The van der Waals surface area contributed by atoms with Gasteiger partial charge in [-0.2, -0.15) is 0 Å². The monoisotopic (exact) mass is 204 g/mol. The number of nitrogens with two attached hydrogens (primary N) is 1. The lowest BCUT2D eigenvalue weighted by atomic mass is 10.1. The number of aliphatic hydroxyl groups is 1. The number of likely N-dealkylation sites (N-methyl/N-ethyl adjacent to an activating group) is 1. The number of hydrogen-bond acceptors (Lipinski definition) is 3. The smallest absolute Gasteiger partial charge is 0.232 e. The maximum Gasteiger partial charge on any atom is 0.232 e. The Balaban J connectivity index is 4.27. The first-order valence-corrected chi connectivity index (χ1v) is 4.64. The summed E-state index contributed by atoms with van der Waals surface area (Å²) >= 11 is 4.71. The van der Waals surface area contributed by atoms with E-state index in [0.29, 0.717) is 13.1 Å². The predicted molar refractivity (Wildman–Crippen MR) is 55.3 cm³/mol. The second kappa shape index (κ2) is 5.88. The van der Waals surface area contributed by atoms with Crippen LogP contribution in [0.2, 0.25) is 0 Å². The molecule has 0 saturated carbocycles. The SMILES string of the molecule is CCN(CCO)C(=O)C(C)C(N)=S. The van der Waals surface area contributed by atoms with Gasteiger partial charge in [0.25, 0.3) is 0 Å². The Morgan fingerprint density at radius 1 is 1.69 bits per heavy atom. The van der Waals surface area contributed by atoms with E-state index in [1.165, 1.54) is 4.90 Å². The third-order valence-corrected chi connectivity index (χ3v) is 2.21. The molecule has 13 heavy (non-hydrogen) atoms. The minimum atomic E-state index is -0.443. The van der Waals surface area contributed by atoms with Crippen molar-refractivity contribution in [3.8, 4) is 0 Å². The lowest BCUT2D eigenvalue weighted by Crippen LogP contribution is -2.41. The van der Waals surface area contributed by atoms with Crippen LogP contribution in [0.3, 0.4) is 0 Å². The first kappa shape index (κ1) is 12.3. The van der Waals surface area contributed by atoms with Crippen molar-refractivity contribution >= 4 is 23.1 Å². The molecule has 3 N–H and O–H groups in total. The minimum absolute atomic E-state index is 0.0381. The molecule has 0 aliphatic heterocycles. The second-order valence-electron chi connectivity index (χ2n) is 2.77. The molecule has 5 heteroatoms. The van der Waals surface area contributed by atoms with Crippen LogP contribution < -0.4 is 5.73 Å². The van der Waals surface area contributed by atoms with Gasteiger partial charge in [-0.15, -0.1) is 0 Å². The number of carbonyl (C=O) groups excluding carboxylic acids is 1. The normalized spacial score (nSPS) is 12.2. The first-order chi connectivity index (χ1) is 6.04. The van der Waals surface area contributed by atoms with Crippen molar-refractivity contribution in [3.63, 3.8) is 0 Å². The average molecular weight is 204 g/mol. The standard InChI is InChI=1S/C8H16N2O2S/c1-3-10(4-5-11)8(12)6(2)7(9)13/h6,11H,3-5H2,1-2H3,(H2,9,13). The highest BCUT2D eigenvalue weighted by Crippen LogP contribution is 2.02. The summed E-state index contributed by atoms with van der Waals surface area (Å²) in [4.78, 5) is 13.3. The van der Waals surface area contributed by atoms with Crippen LogP contribution in [-0.4, -0.2) is 40.6 Å². The molecule has 0 aromatic heterocycles. The van der Waals surface area contributed by atoms with E-state index in [9.17, 15) is 4.79 Å². The van der Waals surface area contributed by atoms with Crippen molar-refractivity contribution in [2.24, 2.45) is 11.7 Å². The number of carbonyl (C=O) groups is 1. The number of hydrogen-bond donors (Lipinski definition) is 2. The molecule has 0 rings (SSSR count). The number of rotatable bonds is 5. The molecule has 0 spiro atoms. The Hall–Kier alpha value is -0.680. The highest BCUT2D eigenvalue weighted by atomic mass is 32.1. The molecular formula is C8H16N2O2S. The zero-order valence-corrected chi connectivity index (χ0v) is 8.80. The summed E-state index contributed by atoms with van der Waals surface area (Å²) in [6.45, 7) is 4.38. The topological polar surface area (TPSA) is 66.6 Å². The molecule has 0 aliphatic rings. The third kappa shape index (κ3) is 3.69. The van der Waals surface area contributed by atoms with E-state index in [0.717, 1.165) is 0 Å². The van der Waals surface area contributed by atoms with E-state index < -0.39 is 5.92 Å². The summed E-state index contributed by atoms with van der Waals surface area (Å²) < 4.78 is 0. The van der Waals surface area contributed by atoms with Crippen LogP contribution in [0.25, 0.3) is 0 Å².